The maximum atomic E-state index is 11.0. The van der Waals surface area contributed by atoms with E-state index in [-0.39, 0.29) is 0 Å². The number of carbonyl (C=O) groups is 1. The lowest BCUT2D eigenvalue weighted by atomic mass is 10.2. The molecule has 2 heterocycles. The van der Waals surface area contributed by atoms with Gasteiger partial charge in [-0.3, -0.25) is 14.7 Å². The number of nitrogens with one attached hydrogen (secondary N) is 1. The number of pyridine rings is 1. The van der Waals surface area contributed by atoms with E-state index in [9.17, 15) is 4.79 Å². The van der Waals surface area contributed by atoms with Gasteiger partial charge in [0.1, 0.15) is 5.69 Å². The molecule has 1 aromatic rings. The first-order valence-electron chi connectivity index (χ1n) is 7.05. The Labute approximate surface area is 119 Å². The maximum Gasteiger partial charge on any atom is 0.267 e. The molecule has 0 spiro atoms. The van der Waals surface area contributed by atoms with Crippen LogP contribution in [-0.2, 0) is 4.74 Å². The van der Waals surface area contributed by atoms with E-state index in [2.05, 4.69) is 15.2 Å². The van der Waals surface area contributed by atoms with Crippen molar-refractivity contribution < 1.29 is 9.53 Å². The molecule has 1 fully saturated rings. The summed E-state index contributed by atoms with van der Waals surface area (Å²) in [5.41, 5.74) is 6.38. The van der Waals surface area contributed by atoms with Crippen molar-refractivity contribution in [1.29, 1.82) is 0 Å². The van der Waals surface area contributed by atoms with E-state index in [0.717, 1.165) is 57.9 Å². The minimum atomic E-state index is -0.499. The topological polar surface area (TPSA) is 80.5 Å². The van der Waals surface area contributed by atoms with Crippen LogP contribution in [0.4, 0.5) is 5.69 Å². The molecule has 1 aliphatic rings. The number of amides is 1. The highest BCUT2D eigenvalue weighted by molar-refractivity contribution is 5.91. The molecule has 0 unspecified atom stereocenters. The fraction of sp³-hybridized carbons (Fsp3) is 0.571. The van der Waals surface area contributed by atoms with Gasteiger partial charge in [-0.05, 0) is 31.5 Å². The van der Waals surface area contributed by atoms with Crippen molar-refractivity contribution in [1.82, 2.24) is 9.88 Å². The number of hydrogen-bond donors (Lipinski definition) is 2. The summed E-state index contributed by atoms with van der Waals surface area (Å²) in [5, 5.41) is 3.29. The van der Waals surface area contributed by atoms with Crippen LogP contribution in [0.15, 0.2) is 18.3 Å². The molecule has 1 aliphatic heterocycles. The van der Waals surface area contributed by atoms with Crippen LogP contribution in [0, 0.1) is 0 Å². The second kappa shape index (κ2) is 7.81. The smallest absolute Gasteiger partial charge is 0.267 e. The molecule has 1 amide bonds. The maximum absolute atomic E-state index is 11.0. The van der Waals surface area contributed by atoms with Gasteiger partial charge in [-0.2, -0.15) is 0 Å². The molecular weight excluding hydrogens is 256 g/mol. The molecule has 0 radical (unpaired) electrons. The zero-order chi connectivity index (χ0) is 14.2. The van der Waals surface area contributed by atoms with Gasteiger partial charge in [0.2, 0.25) is 0 Å². The van der Waals surface area contributed by atoms with Crippen LogP contribution in [-0.4, -0.2) is 55.2 Å². The Morgan fingerprint density at radius 3 is 2.95 bits per heavy atom. The summed E-state index contributed by atoms with van der Waals surface area (Å²) in [6, 6.07) is 3.53. The van der Waals surface area contributed by atoms with E-state index in [1.807, 2.05) is 6.07 Å². The van der Waals surface area contributed by atoms with Gasteiger partial charge in [0.05, 0.1) is 13.2 Å². The van der Waals surface area contributed by atoms with Gasteiger partial charge in [-0.15, -0.1) is 0 Å². The zero-order valence-corrected chi connectivity index (χ0v) is 11.7. The molecule has 0 aliphatic carbocycles. The molecule has 0 bridgehead atoms. The Morgan fingerprint density at radius 1 is 1.40 bits per heavy atom. The molecule has 2 rings (SSSR count). The number of aromatic nitrogens is 1. The van der Waals surface area contributed by atoms with Crippen molar-refractivity contribution in [3.05, 3.63) is 24.0 Å². The predicted octanol–water partition coefficient (Wildman–Crippen LogP) is 0.705. The van der Waals surface area contributed by atoms with Gasteiger partial charge < -0.3 is 15.8 Å². The van der Waals surface area contributed by atoms with Crippen molar-refractivity contribution in [2.75, 3.05) is 44.7 Å². The van der Waals surface area contributed by atoms with Gasteiger partial charge >= 0.3 is 0 Å². The average molecular weight is 278 g/mol. The number of nitrogens with two attached hydrogens (primary N) is 1. The summed E-state index contributed by atoms with van der Waals surface area (Å²) in [6.07, 6.45) is 3.84. The Balaban J connectivity index is 1.63. The van der Waals surface area contributed by atoms with Crippen molar-refractivity contribution in [2.45, 2.75) is 12.8 Å². The summed E-state index contributed by atoms with van der Waals surface area (Å²) in [6.45, 7) is 5.79. The second-order valence-corrected chi connectivity index (χ2v) is 4.88. The molecule has 1 saturated heterocycles. The van der Waals surface area contributed by atoms with E-state index in [4.69, 9.17) is 10.5 Å². The lowest BCUT2D eigenvalue weighted by molar-refractivity contribution is 0.0373. The van der Waals surface area contributed by atoms with Crippen LogP contribution in [0.2, 0.25) is 0 Å². The molecular formula is C14H22N4O2. The quantitative estimate of drug-likeness (QED) is 0.718. The number of anilines is 1. The summed E-state index contributed by atoms with van der Waals surface area (Å²) in [5.74, 6) is -0.499. The molecule has 20 heavy (non-hydrogen) atoms. The van der Waals surface area contributed by atoms with Gasteiger partial charge in [0, 0.05) is 31.5 Å². The number of primary amides is 1. The van der Waals surface area contributed by atoms with Gasteiger partial charge in [-0.1, -0.05) is 0 Å². The highest BCUT2D eigenvalue weighted by Crippen LogP contribution is 2.08. The predicted molar refractivity (Wildman–Crippen MR) is 77.7 cm³/mol. The Bertz CT molecular complexity index is 433. The molecule has 1 aromatic heterocycles. The largest absolute Gasteiger partial charge is 0.385 e. The summed E-state index contributed by atoms with van der Waals surface area (Å²) < 4.78 is 5.32. The number of nitrogens with zero attached hydrogens (tertiary/aromatic N) is 2. The second-order valence-electron chi connectivity index (χ2n) is 4.88. The lowest BCUT2D eigenvalue weighted by Crippen LogP contribution is -2.36. The summed E-state index contributed by atoms with van der Waals surface area (Å²) in [7, 11) is 0. The van der Waals surface area contributed by atoms with E-state index < -0.39 is 5.91 Å². The van der Waals surface area contributed by atoms with Crippen LogP contribution >= 0.6 is 0 Å². The average Bonchev–Trinajstić information content (AvgIpc) is 2.48. The van der Waals surface area contributed by atoms with Crippen LogP contribution < -0.4 is 11.1 Å². The van der Waals surface area contributed by atoms with Crippen molar-refractivity contribution in [3.63, 3.8) is 0 Å². The Kier molecular flexibility index (Phi) is 5.76. The molecule has 3 N–H and O–H groups in total. The standard InChI is InChI=1S/C14H22N4O2/c15-14(19)13-11-12(3-5-17-13)16-4-1-2-6-18-7-9-20-10-8-18/h3,5,11H,1-2,4,6-10H2,(H2,15,19)(H,16,17). The van der Waals surface area contributed by atoms with Crippen molar-refractivity contribution in [2.24, 2.45) is 5.73 Å². The van der Waals surface area contributed by atoms with Crippen LogP contribution in [0.3, 0.4) is 0 Å². The molecule has 6 nitrogen and oxygen atoms in total. The number of carbonyl (C=O) groups excluding carboxylic acids is 1. The third-order valence-corrected chi connectivity index (χ3v) is 3.35. The summed E-state index contributed by atoms with van der Waals surface area (Å²) in [4.78, 5) is 17.4. The van der Waals surface area contributed by atoms with Gasteiger partial charge in [0.15, 0.2) is 0 Å². The van der Waals surface area contributed by atoms with Gasteiger partial charge in [0.25, 0.3) is 5.91 Å². The molecule has 110 valence electrons. The minimum Gasteiger partial charge on any atom is -0.385 e. The van der Waals surface area contributed by atoms with Crippen LogP contribution in [0.25, 0.3) is 0 Å². The fourth-order valence-corrected chi connectivity index (χ4v) is 2.19. The van der Waals surface area contributed by atoms with Crippen LogP contribution in [0.5, 0.6) is 0 Å². The van der Waals surface area contributed by atoms with E-state index in [0.29, 0.717) is 5.69 Å². The van der Waals surface area contributed by atoms with E-state index in [1.54, 1.807) is 12.3 Å². The Hall–Kier alpha value is -1.66. The number of ether oxygens (including phenoxy) is 1. The first kappa shape index (κ1) is 14.7. The van der Waals surface area contributed by atoms with Crippen LogP contribution in [0.1, 0.15) is 23.3 Å². The third-order valence-electron chi connectivity index (χ3n) is 3.35. The number of unbranched alkanes of at least 4 members (excludes halogenated alkanes) is 1. The molecule has 6 heteroatoms. The zero-order valence-electron chi connectivity index (χ0n) is 11.7. The number of morpholine rings is 1. The van der Waals surface area contributed by atoms with Crippen molar-refractivity contribution in [3.8, 4) is 0 Å². The third kappa shape index (κ3) is 4.79. The minimum absolute atomic E-state index is 0.295. The first-order chi connectivity index (χ1) is 9.75. The summed E-state index contributed by atoms with van der Waals surface area (Å²) >= 11 is 0. The number of hydrogen-bond acceptors (Lipinski definition) is 5. The highest BCUT2D eigenvalue weighted by atomic mass is 16.5. The SMILES string of the molecule is NC(=O)c1cc(NCCCCN2CCOCC2)ccn1. The fourth-order valence-electron chi connectivity index (χ4n) is 2.19. The lowest BCUT2D eigenvalue weighted by Gasteiger charge is -2.26. The van der Waals surface area contributed by atoms with E-state index >= 15 is 0 Å². The molecule has 0 atom stereocenters. The van der Waals surface area contributed by atoms with E-state index in [1.165, 1.54) is 0 Å². The first-order valence-corrected chi connectivity index (χ1v) is 7.05. The normalized spacial score (nSPS) is 16.0. The monoisotopic (exact) mass is 278 g/mol. The number of rotatable bonds is 7. The highest BCUT2D eigenvalue weighted by Gasteiger charge is 2.09. The Morgan fingerprint density at radius 2 is 2.20 bits per heavy atom. The van der Waals surface area contributed by atoms with Crippen molar-refractivity contribution >= 4 is 11.6 Å². The molecule has 0 saturated carbocycles. The molecule has 0 aromatic carbocycles. The van der Waals surface area contributed by atoms with Gasteiger partial charge in [-0.25, -0.2) is 0 Å².